The van der Waals surface area contributed by atoms with Crippen molar-refractivity contribution in [2.24, 2.45) is 0 Å². The molecule has 0 aliphatic carbocycles. The molecule has 0 atom stereocenters. The summed E-state index contributed by atoms with van der Waals surface area (Å²) in [5.41, 5.74) is 0.00635. The van der Waals surface area contributed by atoms with Crippen LogP contribution in [0.25, 0.3) is 6.08 Å². The van der Waals surface area contributed by atoms with Crippen molar-refractivity contribution in [2.75, 3.05) is 20.3 Å². The van der Waals surface area contributed by atoms with E-state index in [9.17, 15) is 4.79 Å². The molecule has 1 N–H and O–H groups in total. The van der Waals surface area contributed by atoms with E-state index in [-0.39, 0.29) is 5.57 Å². The standard InChI is InChI=1S/C11H11IN2O3/c1-16-5-4-14-11(15)8(7-13)6-9-2-3-10(12)17-9/h2-3,6H,4-5H2,1H3,(H,14,15)/b8-6+. The number of nitriles is 1. The van der Waals surface area contributed by atoms with Crippen LogP contribution < -0.4 is 5.32 Å². The van der Waals surface area contributed by atoms with E-state index in [0.717, 1.165) is 0 Å². The highest BCUT2D eigenvalue weighted by molar-refractivity contribution is 14.1. The minimum absolute atomic E-state index is 0.00635. The van der Waals surface area contributed by atoms with Gasteiger partial charge in [0.2, 0.25) is 0 Å². The Bertz CT molecular complexity index is 460. The Kier molecular flexibility index (Phi) is 5.72. The van der Waals surface area contributed by atoms with Crippen LogP contribution in [0.3, 0.4) is 0 Å². The van der Waals surface area contributed by atoms with Crippen molar-refractivity contribution in [3.63, 3.8) is 0 Å². The zero-order valence-electron chi connectivity index (χ0n) is 9.20. The van der Waals surface area contributed by atoms with Gasteiger partial charge in [-0.3, -0.25) is 4.79 Å². The molecule has 0 saturated heterocycles. The monoisotopic (exact) mass is 346 g/mol. The molecule has 17 heavy (non-hydrogen) atoms. The Labute approximate surface area is 113 Å². The summed E-state index contributed by atoms with van der Waals surface area (Å²) in [5, 5.41) is 11.4. The minimum Gasteiger partial charge on any atom is -0.451 e. The lowest BCUT2D eigenvalue weighted by molar-refractivity contribution is -0.117. The molecule has 0 aromatic carbocycles. The number of nitrogens with zero attached hydrogens (tertiary/aromatic N) is 1. The third-order valence-corrected chi connectivity index (χ3v) is 2.42. The Morgan fingerprint density at radius 2 is 2.47 bits per heavy atom. The summed E-state index contributed by atoms with van der Waals surface area (Å²) in [6, 6.07) is 5.28. The van der Waals surface area contributed by atoms with Gasteiger partial charge >= 0.3 is 0 Å². The molecule has 0 saturated carbocycles. The lowest BCUT2D eigenvalue weighted by Crippen LogP contribution is -2.27. The molecule has 1 heterocycles. The van der Waals surface area contributed by atoms with E-state index >= 15 is 0 Å². The number of hydrogen-bond acceptors (Lipinski definition) is 4. The Morgan fingerprint density at radius 3 is 3.00 bits per heavy atom. The highest BCUT2D eigenvalue weighted by atomic mass is 127. The van der Waals surface area contributed by atoms with Crippen LogP contribution in [0.5, 0.6) is 0 Å². The van der Waals surface area contributed by atoms with E-state index in [2.05, 4.69) is 5.32 Å². The van der Waals surface area contributed by atoms with E-state index in [1.54, 1.807) is 12.1 Å². The van der Waals surface area contributed by atoms with Gasteiger partial charge in [-0.15, -0.1) is 0 Å². The summed E-state index contributed by atoms with van der Waals surface area (Å²) in [6.07, 6.45) is 1.41. The lowest BCUT2D eigenvalue weighted by Gasteiger charge is -2.02. The molecule has 1 aromatic heterocycles. The zero-order valence-corrected chi connectivity index (χ0v) is 11.4. The molecule has 0 bridgehead atoms. The van der Waals surface area contributed by atoms with Gasteiger partial charge in [-0.25, -0.2) is 0 Å². The van der Waals surface area contributed by atoms with Gasteiger partial charge in [-0.1, -0.05) is 0 Å². The highest BCUT2D eigenvalue weighted by Crippen LogP contribution is 2.13. The molecule has 0 radical (unpaired) electrons. The van der Waals surface area contributed by atoms with Crippen molar-refractivity contribution in [3.8, 4) is 6.07 Å². The predicted molar refractivity (Wildman–Crippen MR) is 69.9 cm³/mol. The fourth-order valence-corrected chi connectivity index (χ4v) is 1.49. The summed E-state index contributed by atoms with van der Waals surface area (Å²) < 4.78 is 10.7. The number of rotatable bonds is 5. The first kappa shape index (κ1) is 13.7. The average molecular weight is 346 g/mol. The van der Waals surface area contributed by atoms with Gasteiger partial charge in [0.1, 0.15) is 17.4 Å². The lowest BCUT2D eigenvalue weighted by atomic mass is 10.2. The largest absolute Gasteiger partial charge is 0.451 e. The van der Waals surface area contributed by atoms with Crippen LogP contribution in [-0.2, 0) is 9.53 Å². The molecule has 0 aliphatic rings. The number of carbonyl (C=O) groups is 1. The number of hydrogen-bond donors (Lipinski definition) is 1. The highest BCUT2D eigenvalue weighted by Gasteiger charge is 2.09. The van der Waals surface area contributed by atoms with E-state index in [0.29, 0.717) is 22.7 Å². The first-order valence-electron chi connectivity index (χ1n) is 4.81. The first-order valence-corrected chi connectivity index (χ1v) is 5.89. The maximum absolute atomic E-state index is 11.6. The number of methoxy groups -OCH3 is 1. The molecule has 1 aromatic rings. The Hall–Kier alpha value is -1.33. The number of carbonyl (C=O) groups excluding carboxylic acids is 1. The number of halogens is 1. The van der Waals surface area contributed by atoms with Gasteiger partial charge in [0.25, 0.3) is 5.91 Å². The van der Waals surface area contributed by atoms with Crippen LogP contribution >= 0.6 is 22.6 Å². The first-order chi connectivity index (χ1) is 8.17. The van der Waals surface area contributed by atoms with Crippen molar-refractivity contribution in [3.05, 3.63) is 27.2 Å². The molecule has 6 heteroatoms. The zero-order chi connectivity index (χ0) is 12.7. The van der Waals surface area contributed by atoms with Crippen molar-refractivity contribution in [1.29, 1.82) is 5.26 Å². The second-order valence-corrected chi connectivity index (χ2v) is 4.12. The van der Waals surface area contributed by atoms with E-state index < -0.39 is 5.91 Å². The number of amides is 1. The van der Waals surface area contributed by atoms with Crippen molar-refractivity contribution in [1.82, 2.24) is 5.32 Å². The van der Waals surface area contributed by atoms with Gasteiger partial charge in [-0.05, 0) is 34.7 Å². The summed E-state index contributed by atoms with van der Waals surface area (Å²) >= 11 is 2.01. The maximum atomic E-state index is 11.6. The molecular formula is C11H11IN2O3. The molecule has 0 spiro atoms. The van der Waals surface area contributed by atoms with Crippen LogP contribution in [0.4, 0.5) is 0 Å². The van der Waals surface area contributed by atoms with E-state index in [1.807, 2.05) is 28.7 Å². The fourth-order valence-electron chi connectivity index (χ4n) is 1.06. The smallest absolute Gasteiger partial charge is 0.262 e. The van der Waals surface area contributed by atoms with Crippen LogP contribution in [0, 0.1) is 15.1 Å². The van der Waals surface area contributed by atoms with Gasteiger partial charge in [0.15, 0.2) is 3.77 Å². The second-order valence-electron chi connectivity index (χ2n) is 3.06. The number of nitrogens with one attached hydrogen (secondary N) is 1. The summed E-state index contributed by atoms with van der Waals surface area (Å²) in [5.74, 6) is 0.0452. The Morgan fingerprint density at radius 1 is 1.71 bits per heavy atom. The minimum atomic E-state index is -0.434. The van der Waals surface area contributed by atoms with Crippen molar-refractivity contribution < 1.29 is 13.9 Å². The molecule has 90 valence electrons. The summed E-state index contributed by atoms with van der Waals surface area (Å²) in [6.45, 7) is 0.771. The number of ether oxygens (including phenoxy) is 1. The summed E-state index contributed by atoms with van der Waals surface area (Å²) in [4.78, 5) is 11.6. The fraction of sp³-hybridized carbons (Fsp3) is 0.273. The topological polar surface area (TPSA) is 75.3 Å². The Balaban J connectivity index is 2.68. The van der Waals surface area contributed by atoms with Gasteiger partial charge < -0.3 is 14.5 Å². The molecule has 0 aliphatic heterocycles. The molecule has 1 amide bonds. The third-order valence-electron chi connectivity index (χ3n) is 1.84. The molecule has 1 rings (SSSR count). The van der Waals surface area contributed by atoms with Crippen LogP contribution in [0.2, 0.25) is 0 Å². The van der Waals surface area contributed by atoms with Crippen LogP contribution in [-0.4, -0.2) is 26.2 Å². The van der Waals surface area contributed by atoms with Crippen LogP contribution in [0.15, 0.2) is 22.1 Å². The average Bonchev–Trinajstić information content (AvgIpc) is 2.72. The van der Waals surface area contributed by atoms with Gasteiger partial charge in [0, 0.05) is 19.7 Å². The predicted octanol–water partition coefficient (Wildman–Crippen LogP) is 1.55. The third kappa shape index (κ3) is 4.58. The summed E-state index contributed by atoms with van der Waals surface area (Å²) in [7, 11) is 1.54. The van der Waals surface area contributed by atoms with E-state index in [4.69, 9.17) is 14.4 Å². The molecule has 0 unspecified atom stereocenters. The van der Waals surface area contributed by atoms with Gasteiger partial charge in [0.05, 0.1) is 6.61 Å². The molecular weight excluding hydrogens is 335 g/mol. The number of furan rings is 1. The van der Waals surface area contributed by atoms with Crippen molar-refractivity contribution >= 4 is 34.6 Å². The van der Waals surface area contributed by atoms with Crippen molar-refractivity contribution in [2.45, 2.75) is 0 Å². The van der Waals surface area contributed by atoms with E-state index in [1.165, 1.54) is 13.2 Å². The quantitative estimate of drug-likeness (QED) is 0.380. The second kappa shape index (κ2) is 7.09. The molecule has 0 fully saturated rings. The maximum Gasteiger partial charge on any atom is 0.262 e. The van der Waals surface area contributed by atoms with Crippen LogP contribution in [0.1, 0.15) is 5.76 Å². The van der Waals surface area contributed by atoms with Gasteiger partial charge in [-0.2, -0.15) is 5.26 Å². The normalized spacial score (nSPS) is 11.0. The molecule has 5 nitrogen and oxygen atoms in total. The SMILES string of the molecule is COCCNC(=O)/C(C#N)=C/c1ccc(I)o1.